The van der Waals surface area contributed by atoms with E-state index in [4.69, 9.17) is 15.6 Å². The average molecular weight is 216 g/mol. The van der Waals surface area contributed by atoms with Crippen molar-refractivity contribution in [2.75, 3.05) is 5.06 Å². The summed E-state index contributed by atoms with van der Waals surface area (Å²) in [4.78, 5) is 20.8. The number of primary amides is 1. The van der Waals surface area contributed by atoms with Crippen LogP contribution in [0, 0.1) is 0 Å². The first kappa shape index (κ1) is 8.99. The normalized spacial score (nSPS) is 13.6. The third-order valence-corrected chi connectivity index (χ3v) is 2.47. The summed E-state index contributed by atoms with van der Waals surface area (Å²) >= 11 is 0. The summed E-state index contributed by atoms with van der Waals surface area (Å²) < 4.78 is 0. The molecule has 2 aromatic carbocycles. The molecule has 0 aromatic heterocycles. The molecule has 5 nitrogen and oxygen atoms in total. The molecule has 0 saturated heterocycles. The highest BCUT2D eigenvalue weighted by atomic mass is 17.3. The number of fused-ring (bicyclic) bond motifs is 3. The lowest BCUT2D eigenvalue weighted by molar-refractivity contribution is -0.187. The average Bonchev–Trinajstić information content (AvgIpc) is 2.73. The standard InChI is InChI=1S/C11H8N2O3/c12-11(14)13-9-6-5-7-3-1-2-4-8(7)10(9)15-16-13/h1-6H,(H2,12,14). The second-order valence-electron chi connectivity index (χ2n) is 3.43. The summed E-state index contributed by atoms with van der Waals surface area (Å²) in [6.07, 6.45) is 0. The van der Waals surface area contributed by atoms with Crippen LogP contribution in [0.5, 0.6) is 5.75 Å². The van der Waals surface area contributed by atoms with E-state index in [0.717, 1.165) is 15.8 Å². The highest BCUT2D eigenvalue weighted by molar-refractivity contribution is 5.99. The maximum absolute atomic E-state index is 11.0. The largest absolute Gasteiger partial charge is 0.349 e. The minimum Gasteiger partial charge on any atom is -0.349 e. The van der Waals surface area contributed by atoms with Crippen LogP contribution in [0.4, 0.5) is 10.5 Å². The van der Waals surface area contributed by atoms with Crippen LogP contribution < -0.4 is 15.7 Å². The predicted octanol–water partition coefficient (Wildman–Crippen LogP) is 1.96. The number of anilines is 1. The zero-order chi connectivity index (χ0) is 11.1. The Hall–Kier alpha value is -2.27. The zero-order valence-corrected chi connectivity index (χ0v) is 8.21. The van der Waals surface area contributed by atoms with E-state index in [2.05, 4.69) is 0 Å². The lowest BCUT2D eigenvalue weighted by atomic mass is 10.1. The van der Waals surface area contributed by atoms with Crippen LogP contribution in [0.2, 0.25) is 0 Å². The maximum atomic E-state index is 11.0. The van der Waals surface area contributed by atoms with Crippen LogP contribution in [-0.4, -0.2) is 6.03 Å². The Morgan fingerprint density at radius 1 is 1.19 bits per heavy atom. The third-order valence-electron chi connectivity index (χ3n) is 2.47. The summed E-state index contributed by atoms with van der Waals surface area (Å²) in [7, 11) is 0. The molecule has 0 fully saturated rings. The molecule has 0 atom stereocenters. The Labute approximate surface area is 90.8 Å². The van der Waals surface area contributed by atoms with Crippen molar-refractivity contribution in [1.82, 2.24) is 0 Å². The fourth-order valence-corrected chi connectivity index (χ4v) is 1.75. The van der Waals surface area contributed by atoms with Gasteiger partial charge in [0.25, 0.3) is 0 Å². The molecule has 2 aromatic rings. The van der Waals surface area contributed by atoms with Gasteiger partial charge in [0.1, 0.15) is 5.69 Å². The van der Waals surface area contributed by atoms with E-state index in [-0.39, 0.29) is 0 Å². The van der Waals surface area contributed by atoms with Gasteiger partial charge in [0.05, 0.1) is 0 Å². The molecule has 0 spiro atoms. The number of nitrogens with zero attached hydrogens (tertiary/aromatic N) is 1. The van der Waals surface area contributed by atoms with Crippen LogP contribution >= 0.6 is 0 Å². The lowest BCUT2D eigenvalue weighted by Gasteiger charge is -2.06. The third kappa shape index (κ3) is 1.12. The first-order valence-corrected chi connectivity index (χ1v) is 4.73. The lowest BCUT2D eigenvalue weighted by Crippen LogP contribution is -2.33. The van der Waals surface area contributed by atoms with E-state index < -0.39 is 6.03 Å². The topological polar surface area (TPSA) is 64.8 Å². The highest BCUT2D eigenvalue weighted by Crippen LogP contribution is 2.40. The predicted molar refractivity (Wildman–Crippen MR) is 57.7 cm³/mol. The van der Waals surface area contributed by atoms with Gasteiger partial charge in [0.2, 0.25) is 5.75 Å². The molecule has 0 aliphatic carbocycles. The Morgan fingerprint density at radius 2 is 2.00 bits per heavy atom. The molecule has 0 saturated carbocycles. The first-order chi connectivity index (χ1) is 7.77. The van der Waals surface area contributed by atoms with Crippen molar-refractivity contribution in [2.24, 2.45) is 5.73 Å². The number of carbonyl (C=O) groups excluding carboxylic acids is 1. The van der Waals surface area contributed by atoms with Crippen molar-refractivity contribution < 1.29 is 14.7 Å². The molecule has 1 aliphatic rings. The van der Waals surface area contributed by atoms with Gasteiger partial charge in [0.15, 0.2) is 0 Å². The van der Waals surface area contributed by atoms with Gasteiger partial charge >= 0.3 is 6.03 Å². The molecule has 3 rings (SSSR count). The number of hydrogen-bond acceptors (Lipinski definition) is 3. The van der Waals surface area contributed by atoms with Crippen molar-refractivity contribution in [3.8, 4) is 5.75 Å². The van der Waals surface area contributed by atoms with Crippen molar-refractivity contribution in [3.05, 3.63) is 36.4 Å². The number of benzene rings is 2. The second kappa shape index (κ2) is 3.11. The monoisotopic (exact) mass is 216 g/mol. The Kier molecular flexibility index (Phi) is 1.75. The Morgan fingerprint density at radius 3 is 2.81 bits per heavy atom. The van der Waals surface area contributed by atoms with Gasteiger partial charge < -0.3 is 10.6 Å². The number of urea groups is 1. The van der Waals surface area contributed by atoms with Crippen molar-refractivity contribution >= 4 is 22.5 Å². The summed E-state index contributed by atoms with van der Waals surface area (Å²) in [5, 5.41) is 2.81. The molecule has 0 bridgehead atoms. The fourth-order valence-electron chi connectivity index (χ4n) is 1.75. The van der Waals surface area contributed by atoms with Crippen LogP contribution in [0.25, 0.3) is 10.8 Å². The number of rotatable bonds is 0. The minimum absolute atomic E-state index is 0.511. The zero-order valence-electron chi connectivity index (χ0n) is 8.21. The number of hydrogen-bond donors (Lipinski definition) is 1. The Bertz CT molecular complexity index is 582. The van der Waals surface area contributed by atoms with Crippen molar-refractivity contribution in [2.45, 2.75) is 0 Å². The number of amides is 2. The molecule has 5 heteroatoms. The van der Waals surface area contributed by atoms with E-state index in [1.807, 2.05) is 30.3 Å². The highest BCUT2D eigenvalue weighted by Gasteiger charge is 2.28. The van der Waals surface area contributed by atoms with Gasteiger partial charge in [0, 0.05) is 5.39 Å². The molecular formula is C11H8N2O3. The quantitative estimate of drug-likeness (QED) is 0.684. The van der Waals surface area contributed by atoms with Gasteiger partial charge in [-0.15, -0.1) is 5.06 Å². The molecule has 0 radical (unpaired) electrons. The van der Waals surface area contributed by atoms with E-state index in [9.17, 15) is 4.79 Å². The van der Waals surface area contributed by atoms with E-state index in [1.165, 1.54) is 0 Å². The molecule has 2 amide bonds. The Balaban J connectivity index is 2.26. The molecule has 2 N–H and O–H groups in total. The number of nitrogens with two attached hydrogens (primary N) is 1. The minimum atomic E-state index is -0.714. The smallest absolute Gasteiger partial charge is 0.346 e. The summed E-state index contributed by atoms with van der Waals surface area (Å²) in [6.45, 7) is 0. The molecule has 0 unspecified atom stereocenters. The van der Waals surface area contributed by atoms with Crippen LogP contribution in [0.1, 0.15) is 0 Å². The fraction of sp³-hybridized carbons (Fsp3) is 0. The summed E-state index contributed by atoms with van der Waals surface area (Å²) in [5.41, 5.74) is 5.66. The van der Waals surface area contributed by atoms with Crippen LogP contribution in [-0.2, 0) is 4.99 Å². The van der Waals surface area contributed by atoms with Crippen molar-refractivity contribution in [3.63, 3.8) is 0 Å². The SMILES string of the molecule is NC(=O)N1OOc2c1ccc1ccccc21. The maximum Gasteiger partial charge on any atom is 0.346 e. The van der Waals surface area contributed by atoms with Crippen molar-refractivity contribution in [1.29, 1.82) is 0 Å². The summed E-state index contributed by atoms with van der Waals surface area (Å²) in [5.74, 6) is 0.511. The van der Waals surface area contributed by atoms with Gasteiger partial charge in [-0.3, -0.25) is 0 Å². The first-order valence-electron chi connectivity index (χ1n) is 4.73. The molecule has 80 valence electrons. The van der Waals surface area contributed by atoms with Gasteiger partial charge in [-0.05, 0) is 16.4 Å². The van der Waals surface area contributed by atoms with E-state index in [0.29, 0.717) is 11.4 Å². The van der Waals surface area contributed by atoms with E-state index in [1.54, 1.807) is 6.07 Å². The number of carbonyl (C=O) groups is 1. The molecular weight excluding hydrogens is 208 g/mol. The van der Waals surface area contributed by atoms with Gasteiger partial charge in [-0.25, -0.2) is 4.79 Å². The van der Waals surface area contributed by atoms with Gasteiger partial charge in [-0.2, -0.15) is 0 Å². The molecule has 1 aliphatic heterocycles. The molecule has 1 heterocycles. The van der Waals surface area contributed by atoms with Crippen LogP contribution in [0.3, 0.4) is 0 Å². The van der Waals surface area contributed by atoms with Crippen LogP contribution in [0.15, 0.2) is 36.4 Å². The second-order valence-corrected chi connectivity index (χ2v) is 3.43. The summed E-state index contributed by atoms with van der Waals surface area (Å²) in [6, 6.07) is 10.6. The number of hydroxylamine groups is 1. The van der Waals surface area contributed by atoms with E-state index >= 15 is 0 Å². The molecule has 16 heavy (non-hydrogen) atoms. The van der Waals surface area contributed by atoms with Gasteiger partial charge in [-0.1, -0.05) is 30.3 Å².